The highest BCUT2D eigenvalue weighted by molar-refractivity contribution is 6.00. The van der Waals surface area contributed by atoms with E-state index in [0.717, 1.165) is 32.1 Å². The van der Waals surface area contributed by atoms with E-state index in [1.54, 1.807) is 0 Å². The van der Waals surface area contributed by atoms with Crippen molar-refractivity contribution in [1.82, 2.24) is 0 Å². The smallest absolute Gasteiger partial charge is 0.305 e. The molecule has 4 aliphatic carbocycles. The van der Waals surface area contributed by atoms with Crippen molar-refractivity contribution in [2.45, 2.75) is 65.6 Å². The number of esters is 1. The number of allylic oxidation sites excluding steroid dienone is 5. The molecule has 0 aromatic heterocycles. The molecule has 5 atom stereocenters. The van der Waals surface area contributed by atoms with Gasteiger partial charge < -0.3 is 9.84 Å². The number of carbonyl (C=O) groups excluding carboxylic acids is 3. The number of fused-ring (bicyclic) bond motifs is 5. The summed E-state index contributed by atoms with van der Waals surface area (Å²) in [5.74, 6) is -0.253. The molecule has 0 aromatic carbocycles. The zero-order chi connectivity index (χ0) is 20.3. The van der Waals surface area contributed by atoms with Crippen LogP contribution >= 0.6 is 0 Å². The van der Waals surface area contributed by atoms with E-state index in [4.69, 9.17) is 4.74 Å². The molecule has 0 spiro atoms. The number of hydrogen-bond donors (Lipinski definition) is 1. The van der Waals surface area contributed by atoms with Crippen LogP contribution in [0.15, 0.2) is 34.9 Å². The van der Waals surface area contributed by atoms with Gasteiger partial charge in [-0.25, -0.2) is 0 Å². The predicted molar refractivity (Wildman–Crippen MR) is 103 cm³/mol. The van der Waals surface area contributed by atoms with Gasteiger partial charge >= 0.3 is 5.97 Å². The maximum Gasteiger partial charge on any atom is 0.305 e. The number of ether oxygens (including phenoxy) is 1. The molecule has 4 rings (SSSR count). The summed E-state index contributed by atoms with van der Waals surface area (Å²) in [7, 11) is 0. The maximum absolute atomic E-state index is 12.8. The first kappa shape index (κ1) is 19.3. The second-order valence-corrected chi connectivity index (χ2v) is 9.18. The lowest BCUT2D eigenvalue weighted by molar-refractivity contribution is -0.172. The minimum absolute atomic E-state index is 0.0395. The monoisotopic (exact) mass is 384 g/mol. The number of ketones is 2. The number of Topliss-reactive ketones (excluding diaryl/α,β-unsaturated/α-hetero) is 1. The lowest BCUT2D eigenvalue weighted by atomic mass is 9.51. The molecule has 28 heavy (non-hydrogen) atoms. The Morgan fingerprint density at radius 3 is 2.71 bits per heavy atom. The fraction of sp³-hybridized carbons (Fsp3) is 0.609. The largest absolute Gasteiger partial charge is 0.428 e. The molecule has 0 bridgehead atoms. The number of rotatable bonds is 3. The topological polar surface area (TPSA) is 80.7 Å². The van der Waals surface area contributed by atoms with Gasteiger partial charge in [-0.05, 0) is 50.0 Å². The van der Waals surface area contributed by atoms with Gasteiger partial charge in [-0.15, -0.1) is 0 Å². The summed E-state index contributed by atoms with van der Waals surface area (Å²) in [4.78, 5) is 35.8. The van der Waals surface area contributed by atoms with Crippen molar-refractivity contribution < 1.29 is 24.2 Å². The Morgan fingerprint density at radius 2 is 2.00 bits per heavy atom. The van der Waals surface area contributed by atoms with E-state index in [0.29, 0.717) is 23.8 Å². The molecule has 150 valence electrons. The number of aliphatic hydroxyl groups is 1. The molecule has 5 nitrogen and oxygen atoms in total. The van der Waals surface area contributed by atoms with Crippen LogP contribution in [0.2, 0.25) is 0 Å². The summed E-state index contributed by atoms with van der Waals surface area (Å²) in [6.45, 7) is 5.55. The van der Waals surface area contributed by atoms with Crippen LogP contribution in [-0.2, 0) is 19.1 Å². The summed E-state index contributed by atoms with van der Waals surface area (Å²) in [5, 5.41) is 10.0. The Labute approximate surface area is 165 Å². The lowest BCUT2D eigenvalue weighted by Crippen LogP contribution is -2.45. The van der Waals surface area contributed by atoms with Crippen LogP contribution in [0, 0.1) is 22.7 Å². The summed E-state index contributed by atoms with van der Waals surface area (Å²) in [5.41, 5.74) is 2.90. The van der Waals surface area contributed by atoms with Gasteiger partial charge in [-0.3, -0.25) is 14.4 Å². The van der Waals surface area contributed by atoms with E-state index < -0.39 is 18.0 Å². The highest BCUT2D eigenvalue weighted by atomic mass is 16.6. The van der Waals surface area contributed by atoms with E-state index in [9.17, 15) is 19.5 Å². The van der Waals surface area contributed by atoms with Gasteiger partial charge in [0.25, 0.3) is 6.29 Å². The van der Waals surface area contributed by atoms with E-state index in [-0.39, 0.29) is 16.6 Å². The zero-order valence-electron chi connectivity index (χ0n) is 16.8. The van der Waals surface area contributed by atoms with Crippen LogP contribution < -0.4 is 0 Å². The Bertz CT molecular complexity index is 847. The molecular weight excluding hydrogens is 356 g/mol. The van der Waals surface area contributed by atoms with Crippen LogP contribution in [0.4, 0.5) is 0 Å². The normalized spacial score (nSPS) is 37.6. The number of hydrogen-bond acceptors (Lipinski definition) is 5. The fourth-order valence-electron chi connectivity index (χ4n) is 6.16. The molecule has 1 fully saturated rings. The average molecular weight is 384 g/mol. The first-order chi connectivity index (χ1) is 13.2. The molecule has 0 amide bonds. The predicted octanol–water partition coefficient (Wildman–Crippen LogP) is 3.43. The maximum atomic E-state index is 12.8. The van der Waals surface area contributed by atoms with Crippen molar-refractivity contribution in [2.24, 2.45) is 22.7 Å². The van der Waals surface area contributed by atoms with Gasteiger partial charge in [0, 0.05) is 29.7 Å². The van der Waals surface area contributed by atoms with Gasteiger partial charge in [-0.1, -0.05) is 37.1 Å². The average Bonchev–Trinajstić information content (AvgIpc) is 2.98. The van der Waals surface area contributed by atoms with Crippen molar-refractivity contribution >= 4 is 17.5 Å². The Morgan fingerprint density at radius 1 is 1.25 bits per heavy atom. The molecule has 0 radical (unpaired) electrons. The van der Waals surface area contributed by atoms with Crippen LogP contribution in [0.5, 0.6) is 0 Å². The molecule has 0 aromatic rings. The fourth-order valence-corrected chi connectivity index (χ4v) is 6.16. The highest BCUT2D eigenvalue weighted by Gasteiger charge is 2.55. The SMILES string of the molecule is CC(=O)OC(O)C(=O)C1=CC[C@H]2[C@@H]3CCC4=CC(=O)CC[C@]4(C)C3=CC[C@]12C. The van der Waals surface area contributed by atoms with Crippen molar-refractivity contribution in [2.75, 3.05) is 0 Å². The quantitative estimate of drug-likeness (QED) is 0.458. The van der Waals surface area contributed by atoms with Gasteiger partial charge in [0.05, 0.1) is 0 Å². The third kappa shape index (κ3) is 2.74. The molecule has 4 aliphatic rings. The Hall–Kier alpha value is -2.01. The van der Waals surface area contributed by atoms with Crippen LogP contribution in [0.25, 0.3) is 0 Å². The lowest BCUT2D eigenvalue weighted by Gasteiger charge is -2.53. The van der Waals surface area contributed by atoms with Gasteiger partial charge in [0.2, 0.25) is 5.78 Å². The second-order valence-electron chi connectivity index (χ2n) is 9.18. The first-order valence-electron chi connectivity index (χ1n) is 10.2. The van der Waals surface area contributed by atoms with Gasteiger partial charge in [0.1, 0.15) is 0 Å². The third-order valence-corrected chi connectivity index (χ3v) is 7.69. The highest BCUT2D eigenvalue weighted by Crippen LogP contribution is 2.63. The molecule has 0 heterocycles. The van der Waals surface area contributed by atoms with E-state index in [1.807, 2.05) is 12.2 Å². The summed E-state index contributed by atoms with van der Waals surface area (Å²) < 4.78 is 4.72. The third-order valence-electron chi connectivity index (χ3n) is 7.69. The number of carbonyl (C=O) groups is 3. The molecule has 1 unspecified atom stereocenters. The Kier molecular flexibility index (Phi) is 4.49. The summed E-state index contributed by atoms with van der Waals surface area (Å²) in [6.07, 6.45) is 9.27. The molecule has 1 saturated carbocycles. The zero-order valence-corrected chi connectivity index (χ0v) is 16.8. The second kappa shape index (κ2) is 6.51. The van der Waals surface area contributed by atoms with E-state index >= 15 is 0 Å². The first-order valence-corrected chi connectivity index (χ1v) is 10.2. The Balaban J connectivity index is 1.64. The molecule has 0 aliphatic heterocycles. The van der Waals surface area contributed by atoms with E-state index in [1.165, 1.54) is 18.1 Å². The van der Waals surface area contributed by atoms with Crippen molar-refractivity contribution in [3.05, 3.63) is 34.9 Å². The van der Waals surface area contributed by atoms with Crippen LogP contribution in [0.1, 0.15) is 59.3 Å². The van der Waals surface area contributed by atoms with Crippen molar-refractivity contribution in [3.63, 3.8) is 0 Å². The standard InChI is InChI=1S/C23H28O5/c1-13(24)28-21(27)20(26)19-7-6-17-16-5-4-14-12-15(25)8-10-22(14,2)18(16)9-11-23(17,19)3/h7,9,12,16-17,21,27H,4-6,8,10-11H2,1-3H3/t16-,17-,21?,22-,23-/m0/s1. The minimum Gasteiger partial charge on any atom is -0.428 e. The number of aliphatic hydroxyl groups excluding tert-OH is 1. The molecule has 5 heteroatoms. The van der Waals surface area contributed by atoms with E-state index in [2.05, 4.69) is 19.9 Å². The van der Waals surface area contributed by atoms with Crippen LogP contribution in [-0.4, -0.2) is 28.9 Å². The van der Waals surface area contributed by atoms with Crippen molar-refractivity contribution in [3.8, 4) is 0 Å². The van der Waals surface area contributed by atoms with Crippen molar-refractivity contribution in [1.29, 1.82) is 0 Å². The van der Waals surface area contributed by atoms with Crippen LogP contribution in [0.3, 0.4) is 0 Å². The van der Waals surface area contributed by atoms with Gasteiger partial charge in [-0.2, -0.15) is 0 Å². The van der Waals surface area contributed by atoms with Gasteiger partial charge in [0.15, 0.2) is 5.78 Å². The summed E-state index contributed by atoms with van der Waals surface area (Å²) in [6, 6.07) is 0. The minimum atomic E-state index is -1.73. The molecule has 0 saturated heterocycles. The molecular formula is C23H28O5. The summed E-state index contributed by atoms with van der Waals surface area (Å²) >= 11 is 0. The molecule has 1 N–H and O–H groups in total.